The molecule has 0 spiro atoms. The van der Waals surface area contributed by atoms with E-state index in [9.17, 15) is 9.18 Å². The van der Waals surface area contributed by atoms with Gasteiger partial charge in [-0.2, -0.15) is 0 Å². The summed E-state index contributed by atoms with van der Waals surface area (Å²) in [4.78, 5) is 11.5. The van der Waals surface area contributed by atoms with Gasteiger partial charge in [0.25, 0.3) is 5.91 Å². The maximum absolute atomic E-state index is 13.4. The molecule has 74 valence electrons. The van der Waals surface area contributed by atoms with Crippen LogP contribution in [0, 0.1) is 12.7 Å². The van der Waals surface area contributed by atoms with E-state index in [1.54, 1.807) is 6.07 Å². The standard InChI is InChI=1S/C10H11FN2O/c1-6-2-3-7(11)8-9(6)12-4-5-13-10(8)14/h2-3,12H,4-5H2,1H3,(H,13,14). The normalized spacial score (nSPS) is 15.1. The van der Waals surface area contributed by atoms with Crippen molar-refractivity contribution in [2.75, 3.05) is 18.4 Å². The fourth-order valence-corrected chi connectivity index (χ4v) is 1.58. The van der Waals surface area contributed by atoms with Crippen LogP contribution < -0.4 is 10.6 Å². The lowest BCUT2D eigenvalue weighted by atomic mass is 10.1. The number of hydrogen-bond donors (Lipinski definition) is 2. The van der Waals surface area contributed by atoms with E-state index in [0.29, 0.717) is 18.8 Å². The summed E-state index contributed by atoms with van der Waals surface area (Å²) in [5.74, 6) is -0.816. The Labute approximate surface area is 81.3 Å². The molecule has 3 nitrogen and oxygen atoms in total. The zero-order valence-corrected chi connectivity index (χ0v) is 7.86. The van der Waals surface area contributed by atoms with E-state index >= 15 is 0 Å². The largest absolute Gasteiger partial charge is 0.382 e. The Bertz CT molecular complexity index is 390. The second-order valence-electron chi connectivity index (χ2n) is 3.30. The first-order valence-corrected chi connectivity index (χ1v) is 4.51. The van der Waals surface area contributed by atoms with Gasteiger partial charge in [-0.05, 0) is 18.6 Å². The van der Waals surface area contributed by atoms with Crippen LogP contribution in [0.5, 0.6) is 0 Å². The molecule has 0 saturated carbocycles. The predicted octanol–water partition coefficient (Wildman–Crippen LogP) is 1.29. The minimum absolute atomic E-state index is 0.127. The molecule has 4 heteroatoms. The number of fused-ring (bicyclic) bond motifs is 1. The average Bonchev–Trinajstić information content (AvgIpc) is 2.35. The van der Waals surface area contributed by atoms with Crippen LogP contribution in [-0.4, -0.2) is 19.0 Å². The van der Waals surface area contributed by atoms with E-state index in [1.165, 1.54) is 6.07 Å². The van der Waals surface area contributed by atoms with Gasteiger partial charge in [0.05, 0.1) is 11.3 Å². The van der Waals surface area contributed by atoms with Gasteiger partial charge in [-0.3, -0.25) is 4.79 Å². The van der Waals surface area contributed by atoms with E-state index in [0.717, 1.165) is 5.56 Å². The molecule has 0 aliphatic carbocycles. The molecule has 2 rings (SSSR count). The highest BCUT2D eigenvalue weighted by atomic mass is 19.1. The van der Waals surface area contributed by atoms with Crippen molar-refractivity contribution in [2.45, 2.75) is 6.92 Å². The zero-order valence-electron chi connectivity index (χ0n) is 7.86. The van der Waals surface area contributed by atoms with Crippen molar-refractivity contribution in [1.29, 1.82) is 0 Å². The molecule has 1 aromatic rings. The number of amides is 1. The van der Waals surface area contributed by atoms with Crippen LogP contribution in [0.25, 0.3) is 0 Å². The smallest absolute Gasteiger partial charge is 0.256 e. The summed E-state index contributed by atoms with van der Waals surface area (Å²) in [7, 11) is 0. The number of aryl methyl sites for hydroxylation is 1. The monoisotopic (exact) mass is 194 g/mol. The number of hydrogen-bond acceptors (Lipinski definition) is 2. The summed E-state index contributed by atoms with van der Waals surface area (Å²) < 4.78 is 13.4. The third kappa shape index (κ3) is 1.32. The number of carbonyl (C=O) groups excluding carboxylic acids is 1. The zero-order chi connectivity index (χ0) is 10.1. The molecule has 2 N–H and O–H groups in total. The molecular formula is C10H11FN2O. The van der Waals surface area contributed by atoms with Crippen molar-refractivity contribution in [3.63, 3.8) is 0 Å². The van der Waals surface area contributed by atoms with Gasteiger partial charge < -0.3 is 10.6 Å². The second kappa shape index (κ2) is 3.29. The topological polar surface area (TPSA) is 41.1 Å². The first-order chi connectivity index (χ1) is 6.70. The highest BCUT2D eigenvalue weighted by Crippen LogP contribution is 2.24. The van der Waals surface area contributed by atoms with Crippen LogP contribution in [0.15, 0.2) is 12.1 Å². The summed E-state index contributed by atoms with van der Waals surface area (Å²) in [5, 5.41) is 5.67. The van der Waals surface area contributed by atoms with E-state index in [1.807, 2.05) is 6.92 Å². The average molecular weight is 194 g/mol. The SMILES string of the molecule is Cc1ccc(F)c2c1NCCNC2=O. The molecule has 1 aromatic carbocycles. The minimum atomic E-state index is -0.475. The van der Waals surface area contributed by atoms with Crippen molar-refractivity contribution in [2.24, 2.45) is 0 Å². The van der Waals surface area contributed by atoms with E-state index in [4.69, 9.17) is 0 Å². The highest BCUT2D eigenvalue weighted by Gasteiger charge is 2.20. The van der Waals surface area contributed by atoms with Crippen molar-refractivity contribution >= 4 is 11.6 Å². The Morgan fingerprint density at radius 2 is 2.00 bits per heavy atom. The second-order valence-corrected chi connectivity index (χ2v) is 3.30. The van der Waals surface area contributed by atoms with Gasteiger partial charge in [-0.1, -0.05) is 6.07 Å². The Morgan fingerprint density at radius 3 is 2.79 bits per heavy atom. The van der Waals surface area contributed by atoms with E-state index in [-0.39, 0.29) is 11.5 Å². The molecule has 0 bridgehead atoms. The number of carbonyl (C=O) groups is 1. The first kappa shape index (κ1) is 8.99. The number of nitrogens with one attached hydrogen (secondary N) is 2. The predicted molar refractivity (Wildman–Crippen MR) is 52.0 cm³/mol. The molecule has 1 amide bonds. The third-order valence-corrected chi connectivity index (χ3v) is 2.30. The minimum Gasteiger partial charge on any atom is -0.382 e. The summed E-state index contributed by atoms with van der Waals surface area (Å²) >= 11 is 0. The van der Waals surface area contributed by atoms with Crippen molar-refractivity contribution in [3.05, 3.63) is 29.1 Å². The van der Waals surface area contributed by atoms with Crippen molar-refractivity contribution in [1.82, 2.24) is 5.32 Å². The maximum atomic E-state index is 13.4. The van der Waals surface area contributed by atoms with Gasteiger partial charge in [0.15, 0.2) is 0 Å². The summed E-state index contributed by atoms with van der Waals surface area (Å²) in [5.41, 5.74) is 1.63. The maximum Gasteiger partial charge on any atom is 0.256 e. The lowest BCUT2D eigenvalue weighted by molar-refractivity contribution is 0.0954. The van der Waals surface area contributed by atoms with Gasteiger partial charge in [-0.15, -0.1) is 0 Å². The summed E-state index contributed by atoms with van der Waals surface area (Å²) in [6.45, 7) is 3.00. The molecule has 1 heterocycles. The first-order valence-electron chi connectivity index (χ1n) is 4.51. The number of rotatable bonds is 0. The van der Waals surface area contributed by atoms with Gasteiger partial charge in [0.1, 0.15) is 5.82 Å². The Morgan fingerprint density at radius 1 is 1.29 bits per heavy atom. The van der Waals surface area contributed by atoms with Gasteiger partial charge in [0.2, 0.25) is 0 Å². The fourth-order valence-electron chi connectivity index (χ4n) is 1.58. The highest BCUT2D eigenvalue weighted by molar-refractivity contribution is 6.01. The Balaban J connectivity index is 2.62. The molecule has 0 saturated heterocycles. The molecule has 0 aromatic heterocycles. The quantitative estimate of drug-likeness (QED) is 0.653. The van der Waals surface area contributed by atoms with E-state index in [2.05, 4.69) is 10.6 Å². The van der Waals surface area contributed by atoms with Gasteiger partial charge >= 0.3 is 0 Å². The molecule has 14 heavy (non-hydrogen) atoms. The lowest BCUT2D eigenvalue weighted by Crippen LogP contribution is -2.25. The van der Waals surface area contributed by atoms with Crippen LogP contribution >= 0.6 is 0 Å². The Hall–Kier alpha value is -1.58. The molecule has 1 aliphatic heterocycles. The Kier molecular flexibility index (Phi) is 2.11. The third-order valence-electron chi connectivity index (χ3n) is 2.30. The summed E-state index contributed by atoms with van der Waals surface area (Å²) in [6.07, 6.45) is 0. The van der Waals surface area contributed by atoms with Gasteiger partial charge in [0, 0.05) is 13.1 Å². The molecule has 0 atom stereocenters. The van der Waals surface area contributed by atoms with Crippen LogP contribution in [0.4, 0.5) is 10.1 Å². The van der Waals surface area contributed by atoms with Crippen LogP contribution in [0.3, 0.4) is 0 Å². The van der Waals surface area contributed by atoms with Crippen molar-refractivity contribution in [3.8, 4) is 0 Å². The number of halogens is 1. The molecule has 0 radical (unpaired) electrons. The van der Waals surface area contributed by atoms with Crippen molar-refractivity contribution < 1.29 is 9.18 Å². The number of benzene rings is 1. The fraction of sp³-hybridized carbons (Fsp3) is 0.300. The molecule has 1 aliphatic rings. The number of anilines is 1. The molecular weight excluding hydrogens is 183 g/mol. The lowest BCUT2D eigenvalue weighted by Gasteiger charge is -2.09. The van der Waals surface area contributed by atoms with Gasteiger partial charge in [-0.25, -0.2) is 4.39 Å². The summed E-state index contributed by atoms with van der Waals surface area (Å²) in [6, 6.07) is 2.99. The molecule has 0 unspecified atom stereocenters. The van der Waals surface area contributed by atoms with E-state index < -0.39 is 5.82 Å². The van der Waals surface area contributed by atoms with Crippen LogP contribution in [-0.2, 0) is 0 Å². The molecule has 0 fully saturated rings. The van der Waals surface area contributed by atoms with Crippen LogP contribution in [0.2, 0.25) is 0 Å². The van der Waals surface area contributed by atoms with Crippen LogP contribution in [0.1, 0.15) is 15.9 Å².